The van der Waals surface area contributed by atoms with Crippen molar-refractivity contribution in [3.05, 3.63) is 255 Å². The fourth-order valence-corrected chi connectivity index (χ4v) is 21.4. The van der Waals surface area contributed by atoms with Crippen molar-refractivity contribution in [2.75, 3.05) is 0 Å². The SMILES string of the molecule is O=S12(c3ccccc3-c3cc(-c4ccccc4-n4c5ccccc5c5cc6c(cc54)sc4ccccc46)ccc31)c1ccccc1-c1cc(-c3ccccc3-n3c4ccccc4c4cc5c(cc43)sc3ccccc35)ccc12. The van der Waals surface area contributed by atoms with Crippen LogP contribution in [0.15, 0.2) is 274 Å². The van der Waals surface area contributed by atoms with E-state index in [4.69, 9.17) is 0 Å². The highest BCUT2D eigenvalue weighted by Crippen LogP contribution is 2.71. The minimum absolute atomic E-state index is 0.871. The smallest absolute Gasteiger partial charge is 0.0555 e. The first-order valence-corrected chi connectivity index (χ1v) is 30.1. The molecule has 0 atom stereocenters. The maximum atomic E-state index is 18.0. The summed E-state index contributed by atoms with van der Waals surface area (Å²) in [7, 11) is -4.17. The molecule has 6 heterocycles. The van der Waals surface area contributed by atoms with Gasteiger partial charge in [-0.15, -0.1) is 22.7 Å². The topological polar surface area (TPSA) is 26.9 Å². The number of aromatic nitrogens is 2. The predicted octanol–water partition coefficient (Wildman–Crippen LogP) is 20.3. The molecule has 0 radical (unpaired) electrons. The van der Waals surface area contributed by atoms with Gasteiger partial charge in [0.15, 0.2) is 0 Å². The van der Waals surface area contributed by atoms with Crippen molar-refractivity contribution in [2.24, 2.45) is 0 Å². The summed E-state index contributed by atoms with van der Waals surface area (Å²) in [6, 6.07) is 92.8. The molecule has 2 aliphatic rings. The Balaban J connectivity index is 0.826. The summed E-state index contributed by atoms with van der Waals surface area (Å²) in [5.74, 6) is 0. The van der Waals surface area contributed by atoms with Gasteiger partial charge in [-0.05, 0) is 130 Å². The van der Waals surface area contributed by atoms with Gasteiger partial charge in [-0.25, -0.2) is 0 Å². The van der Waals surface area contributed by atoms with Gasteiger partial charge in [-0.3, -0.25) is 4.21 Å². The van der Waals surface area contributed by atoms with Crippen molar-refractivity contribution >= 4 is 116 Å². The molecule has 18 rings (SSSR count). The molecule has 0 fully saturated rings. The van der Waals surface area contributed by atoms with Crippen LogP contribution in [0.5, 0.6) is 0 Å². The minimum Gasteiger partial charge on any atom is -0.309 e. The van der Waals surface area contributed by atoms with E-state index >= 15 is 4.21 Å². The summed E-state index contributed by atoms with van der Waals surface area (Å²) >= 11 is 3.71. The van der Waals surface area contributed by atoms with Gasteiger partial charge in [0.2, 0.25) is 0 Å². The van der Waals surface area contributed by atoms with Crippen molar-refractivity contribution in [1.29, 1.82) is 0 Å². The maximum absolute atomic E-state index is 18.0. The van der Waals surface area contributed by atoms with E-state index in [1.165, 1.54) is 84.0 Å². The molecule has 12 aromatic carbocycles. The number of rotatable bonds is 4. The molecule has 3 nitrogen and oxygen atoms in total. The first kappa shape index (κ1) is 43.0. The molecule has 0 aliphatic carbocycles. The van der Waals surface area contributed by atoms with Crippen molar-refractivity contribution in [2.45, 2.75) is 19.6 Å². The van der Waals surface area contributed by atoms with Crippen molar-refractivity contribution in [3.63, 3.8) is 0 Å². The van der Waals surface area contributed by atoms with Crippen LogP contribution in [0.25, 0.3) is 140 Å². The molecule has 1 spiro atoms. The summed E-state index contributed by atoms with van der Waals surface area (Å²) in [5, 5.41) is 10.1. The number of thiophene rings is 2. The third kappa shape index (κ3) is 5.34. The Morgan fingerprint density at radius 3 is 1.10 bits per heavy atom. The van der Waals surface area contributed by atoms with Crippen LogP contribution in [0, 0.1) is 0 Å². The number of hydrogen-bond donors (Lipinski definition) is 0. The van der Waals surface area contributed by atoms with Gasteiger partial charge in [0.05, 0.1) is 33.4 Å². The molecule has 6 heteroatoms. The van der Waals surface area contributed by atoms with E-state index in [2.05, 4.69) is 264 Å². The molecule has 0 saturated carbocycles. The zero-order valence-corrected chi connectivity index (χ0v) is 44.2. The minimum atomic E-state index is -4.17. The van der Waals surface area contributed by atoms with Crippen LogP contribution < -0.4 is 0 Å². The highest BCUT2D eigenvalue weighted by molar-refractivity contribution is 8.21. The van der Waals surface area contributed by atoms with Crippen LogP contribution in [-0.2, 0) is 9.07 Å². The second-order valence-electron chi connectivity index (χ2n) is 21.0. The lowest BCUT2D eigenvalue weighted by molar-refractivity contribution is 0.658. The lowest BCUT2D eigenvalue weighted by Crippen LogP contribution is -2.30. The van der Waals surface area contributed by atoms with E-state index < -0.39 is 9.07 Å². The number of benzene rings is 12. The normalized spacial score (nSPS) is 14.5. The summed E-state index contributed by atoms with van der Waals surface area (Å²) in [5.41, 5.74) is 15.4. The van der Waals surface area contributed by atoms with Crippen LogP contribution in [0.4, 0.5) is 0 Å². The summed E-state index contributed by atoms with van der Waals surface area (Å²) in [6.07, 6.45) is 0. The first-order chi connectivity index (χ1) is 38.5. The molecule has 78 heavy (non-hydrogen) atoms. The molecule has 0 saturated heterocycles. The largest absolute Gasteiger partial charge is 0.309 e. The van der Waals surface area contributed by atoms with E-state index in [9.17, 15) is 0 Å². The molecule has 0 amide bonds. The van der Waals surface area contributed by atoms with Gasteiger partial charge >= 0.3 is 0 Å². The summed E-state index contributed by atoms with van der Waals surface area (Å²) < 4.78 is 28.1. The lowest BCUT2D eigenvalue weighted by atomic mass is 9.98. The van der Waals surface area contributed by atoms with Crippen LogP contribution in [0.3, 0.4) is 0 Å². The molecule has 4 aromatic heterocycles. The first-order valence-electron chi connectivity index (χ1n) is 26.5. The number of hydrogen-bond acceptors (Lipinski definition) is 3. The molecule has 16 aromatic rings. The van der Waals surface area contributed by atoms with Crippen molar-refractivity contribution in [1.82, 2.24) is 9.13 Å². The van der Waals surface area contributed by atoms with E-state index in [0.29, 0.717) is 0 Å². The van der Waals surface area contributed by atoms with E-state index in [-0.39, 0.29) is 0 Å². The molecular formula is C72H42N2OS3. The van der Waals surface area contributed by atoms with E-state index in [1.54, 1.807) is 0 Å². The van der Waals surface area contributed by atoms with Crippen molar-refractivity contribution < 1.29 is 4.21 Å². The van der Waals surface area contributed by atoms with Crippen LogP contribution in [0.2, 0.25) is 0 Å². The zero-order chi connectivity index (χ0) is 51.0. The van der Waals surface area contributed by atoms with Gasteiger partial charge in [0.25, 0.3) is 0 Å². The number of nitrogens with zero attached hydrogens (tertiary/aromatic N) is 2. The van der Waals surface area contributed by atoms with E-state index in [1.807, 2.05) is 22.7 Å². The fourth-order valence-electron chi connectivity index (χ4n) is 14.0. The number of fused-ring (bicyclic) bond motifs is 22. The molecule has 0 bridgehead atoms. The third-order valence-corrected chi connectivity index (χ3v) is 24.3. The summed E-state index contributed by atoms with van der Waals surface area (Å²) in [6.45, 7) is 0. The van der Waals surface area contributed by atoms with Gasteiger partial charge in [-0.1, -0.05) is 158 Å². The van der Waals surface area contributed by atoms with Crippen LogP contribution in [0.1, 0.15) is 0 Å². The Morgan fingerprint density at radius 1 is 0.256 bits per heavy atom. The van der Waals surface area contributed by atoms with Gasteiger partial charge in [0.1, 0.15) is 0 Å². The quantitative estimate of drug-likeness (QED) is 0.173. The fraction of sp³-hybridized carbons (Fsp3) is 0. The average Bonchev–Trinajstić information content (AvgIpc) is 4.46. The van der Waals surface area contributed by atoms with E-state index in [0.717, 1.165) is 75.5 Å². The second-order valence-corrected chi connectivity index (χ2v) is 26.8. The molecule has 364 valence electrons. The Morgan fingerprint density at radius 2 is 0.628 bits per heavy atom. The Labute approximate surface area is 456 Å². The molecule has 0 N–H and O–H groups in total. The molecule has 0 unspecified atom stereocenters. The highest BCUT2D eigenvalue weighted by atomic mass is 32.3. The predicted molar refractivity (Wildman–Crippen MR) is 330 cm³/mol. The van der Waals surface area contributed by atoms with Gasteiger partial charge < -0.3 is 9.13 Å². The standard InChI is InChI=1S/C72H42N2OS3/c75-78(69-31-15-7-23-51(69)57-37-43(33-35-71(57)78)45-17-1-9-25-59(45)73-61-27-11-3-19-47(61)53-39-55-49-21-5-13-29-65(49)76-67(55)41-63(53)73)70-32-16-8-24-52(70)58-38-44(34-36-72(58)78)46-18-2-10-26-60(46)74-62-28-12-4-20-48(62)54-40-56-50-22-6-14-30-66(50)77-68(56)42-64(54)74/h1-42H. The molecular weight excluding hydrogens is 1010 g/mol. The lowest BCUT2D eigenvalue weighted by Gasteiger charge is -2.38. The average molecular weight is 1050 g/mol. The zero-order valence-electron chi connectivity index (χ0n) is 41.8. The Kier molecular flexibility index (Phi) is 8.42. The van der Waals surface area contributed by atoms with Gasteiger partial charge in [0, 0.05) is 102 Å². The number of para-hydroxylation sites is 4. The third-order valence-electron chi connectivity index (χ3n) is 17.2. The second kappa shape index (κ2) is 15.3. The Bertz CT molecular complexity index is 5090. The van der Waals surface area contributed by atoms with Crippen LogP contribution in [-0.4, -0.2) is 13.3 Å². The highest BCUT2D eigenvalue weighted by Gasteiger charge is 2.57. The van der Waals surface area contributed by atoms with Gasteiger partial charge in [-0.2, -0.15) is 0 Å². The molecule has 2 aliphatic heterocycles. The van der Waals surface area contributed by atoms with Crippen LogP contribution >= 0.6 is 22.7 Å². The Hall–Kier alpha value is -9.17. The maximum Gasteiger partial charge on any atom is 0.0555 e. The summed E-state index contributed by atoms with van der Waals surface area (Å²) in [4.78, 5) is 3.50. The monoisotopic (exact) mass is 1050 g/mol. The van der Waals surface area contributed by atoms with Crippen molar-refractivity contribution in [3.8, 4) is 55.9 Å².